The molecule has 1 heterocycles. The molecule has 0 saturated carbocycles. The van der Waals surface area contributed by atoms with E-state index in [9.17, 15) is 9.59 Å². The summed E-state index contributed by atoms with van der Waals surface area (Å²) in [5.41, 5.74) is 2.12. The number of methoxy groups -OCH3 is 1. The monoisotopic (exact) mass is 372 g/mol. The first-order valence-electron chi connectivity index (χ1n) is 8.52. The lowest BCUT2D eigenvalue weighted by Crippen LogP contribution is -2.48. The van der Waals surface area contributed by atoms with Crippen LogP contribution in [0.1, 0.15) is 26.3 Å². The van der Waals surface area contributed by atoms with Gasteiger partial charge in [-0.05, 0) is 35.9 Å². The lowest BCUT2D eigenvalue weighted by atomic mass is 10.1. The number of rotatable bonds is 4. The number of piperazine rings is 1. The van der Waals surface area contributed by atoms with Gasteiger partial charge in [-0.2, -0.15) is 0 Å². The van der Waals surface area contributed by atoms with Crippen molar-refractivity contribution < 1.29 is 14.3 Å². The molecule has 0 atom stereocenters. The summed E-state index contributed by atoms with van der Waals surface area (Å²) in [6, 6.07) is 14.4. The topological polar surface area (TPSA) is 49.9 Å². The Hall–Kier alpha value is -2.37. The summed E-state index contributed by atoms with van der Waals surface area (Å²) < 4.78 is 4.67. The van der Waals surface area contributed by atoms with Crippen LogP contribution in [-0.4, -0.2) is 55.0 Å². The molecule has 6 heteroatoms. The van der Waals surface area contributed by atoms with Crippen molar-refractivity contribution in [3.8, 4) is 0 Å². The maximum absolute atomic E-state index is 12.6. The van der Waals surface area contributed by atoms with E-state index in [0.717, 1.165) is 30.2 Å². The molecule has 2 aromatic carbocycles. The van der Waals surface area contributed by atoms with Crippen LogP contribution in [0.3, 0.4) is 0 Å². The zero-order chi connectivity index (χ0) is 18.5. The van der Waals surface area contributed by atoms with Gasteiger partial charge in [-0.25, -0.2) is 4.79 Å². The first-order chi connectivity index (χ1) is 12.6. The third-order valence-electron chi connectivity index (χ3n) is 4.56. The molecule has 136 valence electrons. The van der Waals surface area contributed by atoms with Gasteiger partial charge in [0.2, 0.25) is 0 Å². The van der Waals surface area contributed by atoms with Crippen molar-refractivity contribution in [2.45, 2.75) is 6.54 Å². The van der Waals surface area contributed by atoms with Crippen LogP contribution in [0, 0.1) is 0 Å². The molecule has 1 aliphatic heterocycles. The van der Waals surface area contributed by atoms with Gasteiger partial charge in [-0.3, -0.25) is 9.69 Å². The van der Waals surface area contributed by atoms with Crippen LogP contribution in [-0.2, 0) is 11.3 Å². The number of halogens is 1. The summed E-state index contributed by atoms with van der Waals surface area (Å²) in [7, 11) is 1.34. The van der Waals surface area contributed by atoms with Crippen LogP contribution in [0.2, 0.25) is 5.02 Å². The van der Waals surface area contributed by atoms with Gasteiger partial charge in [0.15, 0.2) is 0 Å². The van der Waals surface area contributed by atoms with E-state index in [1.54, 1.807) is 24.3 Å². The summed E-state index contributed by atoms with van der Waals surface area (Å²) in [6.45, 7) is 3.73. The van der Waals surface area contributed by atoms with Crippen LogP contribution < -0.4 is 0 Å². The molecular weight excluding hydrogens is 352 g/mol. The average molecular weight is 373 g/mol. The maximum Gasteiger partial charge on any atom is 0.337 e. The van der Waals surface area contributed by atoms with Crippen LogP contribution in [0.25, 0.3) is 0 Å². The molecule has 1 fully saturated rings. The highest BCUT2D eigenvalue weighted by Crippen LogP contribution is 2.18. The van der Waals surface area contributed by atoms with E-state index in [1.807, 2.05) is 29.2 Å². The molecule has 1 aliphatic rings. The summed E-state index contributed by atoms with van der Waals surface area (Å²) in [5, 5.41) is 0.775. The fraction of sp³-hybridized carbons (Fsp3) is 0.300. The minimum Gasteiger partial charge on any atom is -0.465 e. The number of hydrogen-bond donors (Lipinski definition) is 0. The van der Waals surface area contributed by atoms with Crippen molar-refractivity contribution in [1.29, 1.82) is 0 Å². The minimum atomic E-state index is -0.405. The molecule has 1 amide bonds. The Balaban J connectivity index is 1.56. The van der Waals surface area contributed by atoms with Gasteiger partial charge in [-0.1, -0.05) is 29.8 Å². The van der Waals surface area contributed by atoms with Gasteiger partial charge in [0.25, 0.3) is 5.91 Å². The number of ether oxygens (including phenoxy) is 1. The maximum atomic E-state index is 12.6. The highest BCUT2D eigenvalue weighted by atomic mass is 35.5. The Morgan fingerprint density at radius 3 is 2.19 bits per heavy atom. The second-order valence-corrected chi connectivity index (χ2v) is 6.64. The molecule has 0 aromatic heterocycles. The van der Waals surface area contributed by atoms with Gasteiger partial charge >= 0.3 is 5.97 Å². The number of hydrogen-bond acceptors (Lipinski definition) is 4. The summed E-state index contributed by atoms with van der Waals surface area (Å²) in [4.78, 5) is 28.3. The third kappa shape index (κ3) is 4.23. The predicted octanol–water partition coefficient (Wildman–Crippen LogP) is 3.08. The molecule has 0 N–H and O–H groups in total. The van der Waals surface area contributed by atoms with E-state index in [2.05, 4.69) is 9.64 Å². The predicted molar refractivity (Wildman–Crippen MR) is 100 cm³/mol. The van der Waals surface area contributed by atoms with Gasteiger partial charge < -0.3 is 9.64 Å². The van der Waals surface area contributed by atoms with E-state index >= 15 is 0 Å². The number of benzene rings is 2. The average Bonchev–Trinajstić information content (AvgIpc) is 2.69. The molecule has 0 aliphatic carbocycles. The summed E-state index contributed by atoms with van der Waals surface area (Å²) in [5.74, 6) is -0.420. The Kier molecular flexibility index (Phi) is 5.91. The van der Waals surface area contributed by atoms with Crippen molar-refractivity contribution in [3.63, 3.8) is 0 Å². The molecule has 0 unspecified atom stereocenters. The van der Waals surface area contributed by atoms with Gasteiger partial charge in [0.1, 0.15) is 0 Å². The number of amides is 1. The standard InChI is InChI=1S/C20H21ClN2O3/c1-26-20(25)16-8-6-15(7-9-16)19(24)23-12-10-22(11-13-23)14-17-4-2-3-5-18(17)21/h2-9H,10-14H2,1H3. The van der Waals surface area contributed by atoms with E-state index in [0.29, 0.717) is 24.2 Å². The largest absolute Gasteiger partial charge is 0.465 e. The summed E-state index contributed by atoms with van der Waals surface area (Å²) in [6.07, 6.45) is 0. The Bertz CT molecular complexity index is 784. The fourth-order valence-electron chi connectivity index (χ4n) is 3.03. The Morgan fingerprint density at radius 1 is 0.962 bits per heavy atom. The number of nitrogens with zero attached hydrogens (tertiary/aromatic N) is 2. The van der Waals surface area contributed by atoms with Crippen molar-refractivity contribution in [2.75, 3.05) is 33.3 Å². The van der Waals surface area contributed by atoms with Crippen molar-refractivity contribution in [1.82, 2.24) is 9.80 Å². The second kappa shape index (κ2) is 8.34. The second-order valence-electron chi connectivity index (χ2n) is 6.23. The molecule has 26 heavy (non-hydrogen) atoms. The Morgan fingerprint density at radius 2 is 1.58 bits per heavy atom. The van der Waals surface area contributed by atoms with Crippen LogP contribution >= 0.6 is 11.6 Å². The van der Waals surface area contributed by atoms with Crippen LogP contribution in [0.4, 0.5) is 0 Å². The molecule has 3 rings (SSSR count). The van der Waals surface area contributed by atoms with Crippen molar-refractivity contribution in [3.05, 3.63) is 70.2 Å². The normalized spacial score (nSPS) is 14.9. The fourth-order valence-corrected chi connectivity index (χ4v) is 3.22. The quantitative estimate of drug-likeness (QED) is 0.774. The SMILES string of the molecule is COC(=O)c1ccc(C(=O)N2CCN(Cc3ccccc3Cl)CC2)cc1. The van der Waals surface area contributed by atoms with Crippen molar-refractivity contribution >= 4 is 23.5 Å². The number of carbonyl (C=O) groups is 2. The lowest BCUT2D eigenvalue weighted by molar-refractivity contribution is 0.0596. The lowest BCUT2D eigenvalue weighted by Gasteiger charge is -2.35. The first-order valence-corrected chi connectivity index (χ1v) is 8.89. The van der Waals surface area contributed by atoms with E-state index in [1.165, 1.54) is 7.11 Å². The molecule has 1 saturated heterocycles. The Labute approximate surface area is 158 Å². The van der Waals surface area contributed by atoms with E-state index in [4.69, 9.17) is 11.6 Å². The van der Waals surface area contributed by atoms with Gasteiger partial charge in [0.05, 0.1) is 12.7 Å². The highest BCUT2D eigenvalue weighted by Gasteiger charge is 2.22. The minimum absolute atomic E-state index is 0.0150. The molecule has 0 bridgehead atoms. The smallest absolute Gasteiger partial charge is 0.337 e. The van der Waals surface area contributed by atoms with E-state index < -0.39 is 5.97 Å². The molecule has 5 nitrogen and oxygen atoms in total. The van der Waals surface area contributed by atoms with Crippen LogP contribution in [0.5, 0.6) is 0 Å². The zero-order valence-corrected chi connectivity index (χ0v) is 15.4. The molecule has 0 spiro atoms. The van der Waals surface area contributed by atoms with Crippen LogP contribution in [0.15, 0.2) is 48.5 Å². The highest BCUT2D eigenvalue weighted by molar-refractivity contribution is 6.31. The summed E-state index contributed by atoms with van der Waals surface area (Å²) >= 11 is 6.22. The number of esters is 1. The molecule has 0 radical (unpaired) electrons. The molecular formula is C20H21ClN2O3. The molecule has 2 aromatic rings. The van der Waals surface area contributed by atoms with E-state index in [-0.39, 0.29) is 5.91 Å². The first kappa shape index (κ1) is 18.4. The van der Waals surface area contributed by atoms with Gasteiger partial charge in [0, 0.05) is 43.3 Å². The van der Waals surface area contributed by atoms with Gasteiger partial charge in [-0.15, -0.1) is 0 Å². The van der Waals surface area contributed by atoms with Crippen molar-refractivity contribution in [2.24, 2.45) is 0 Å². The number of carbonyl (C=O) groups excluding carboxylic acids is 2. The zero-order valence-electron chi connectivity index (χ0n) is 14.7. The third-order valence-corrected chi connectivity index (χ3v) is 4.93.